The van der Waals surface area contributed by atoms with Crippen LogP contribution in [0.2, 0.25) is 0 Å². The molecule has 5 rings (SSSR count). The summed E-state index contributed by atoms with van der Waals surface area (Å²) in [5.74, 6) is -0.150. The molecule has 1 aromatic rings. The number of fused-ring (bicyclic) bond motifs is 5. The molecule has 1 saturated carbocycles. The van der Waals surface area contributed by atoms with Gasteiger partial charge in [0.2, 0.25) is 0 Å². The molecule has 0 N–H and O–H groups in total. The van der Waals surface area contributed by atoms with E-state index in [-0.39, 0.29) is 35.6 Å². The highest BCUT2D eigenvalue weighted by Gasteiger charge is 2.67. The van der Waals surface area contributed by atoms with E-state index in [1.54, 1.807) is 7.11 Å². The summed E-state index contributed by atoms with van der Waals surface area (Å²) in [4.78, 5) is 26.5. The zero-order valence-corrected chi connectivity index (χ0v) is 17.5. The molecule has 1 aromatic carbocycles. The molecule has 154 valence electrons. The van der Waals surface area contributed by atoms with Crippen LogP contribution in [-0.4, -0.2) is 37.2 Å². The lowest BCUT2D eigenvalue weighted by molar-refractivity contribution is -0.142. The van der Waals surface area contributed by atoms with Crippen molar-refractivity contribution in [3.05, 3.63) is 40.1 Å². The molecule has 2 heterocycles. The van der Waals surface area contributed by atoms with Crippen molar-refractivity contribution in [3.63, 3.8) is 0 Å². The van der Waals surface area contributed by atoms with Crippen LogP contribution in [0.5, 0.6) is 0 Å². The molecule has 2 bridgehead atoms. The Hall–Kier alpha value is -1.98. The number of rotatable bonds is 5. The fourth-order valence-corrected chi connectivity index (χ4v) is 5.89. The van der Waals surface area contributed by atoms with Crippen molar-refractivity contribution in [3.8, 4) is 0 Å². The molecule has 2 aliphatic heterocycles. The second-order valence-electron chi connectivity index (χ2n) is 9.27. The third kappa shape index (κ3) is 2.74. The predicted octanol–water partition coefficient (Wildman–Crippen LogP) is 3.67. The maximum absolute atomic E-state index is 13.8. The molecule has 2 saturated heterocycles. The maximum atomic E-state index is 13.8. The summed E-state index contributed by atoms with van der Waals surface area (Å²) in [6, 6.07) is 4.18. The first-order chi connectivity index (χ1) is 13.9. The summed E-state index contributed by atoms with van der Waals surface area (Å²) < 4.78 is 17.8. The van der Waals surface area contributed by atoms with E-state index in [1.807, 2.05) is 13.8 Å². The van der Waals surface area contributed by atoms with Crippen molar-refractivity contribution in [1.82, 2.24) is 0 Å². The minimum absolute atomic E-state index is 0.0226. The van der Waals surface area contributed by atoms with Crippen molar-refractivity contribution in [2.24, 2.45) is 17.8 Å². The van der Waals surface area contributed by atoms with E-state index in [9.17, 15) is 9.59 Å². The largest absolute Gasteiger partial charge is 0.430 e. The van der Waals surface area contributed by atoms with Crippen LogP contribution in [0.3, 0.4) is 0 Å². The zero-order valence-electron chi connectivity index (χ0n) is 17.5. The van der Waals surface area contributed by atoms with Crippen LogP contribution in [0, 0.1) is 38.5 Å². The number of benzene rings is 1. The van der Waals surface area contributed by atoms with E-state index in [2.05, 4.69) is 19.1 Å². The third-order valence-corrected chi connectivity index (χ3v) is 7.08. The molecule has 5 nitrogen and oxygen atoms in total. The molecular formula is C24H28O5. The lowest BCUT2D eigenvalue weighted by Gasteiger charge is -2.31. The summed E-state index contributed by atoms with van der Waals surface area (Å²) in [6.45, 7) is 6.50. The first kappa shape index (κ1) is 19.0. The second kappa shape index (κ2) is 6.51. The Morgan fingerprint density at radius 1 is 1.17 bits per heavy atom. The Morgan fingerprint density at radius 2 is 1.86 bits per heavy atom. The smallest absolute Gasteiger partial charge is 0.314 e. The van der Waals surface area contributed by atoms with Crippen LogP contribution in [0.15, 0.2) is 17.9 Å². The van der Waals surface area contributed by atoms with Crippen LogP contribution in [-0.2, 0) is 23.8 Å². The van der Waals surface area contributed by atoms with E-state index in [0.29, 0.717) is 17.9 Å². The van der Waals surface area contributed by atoms with Gasteiger partial charge in [0, 0.05) is 7.11 Å². The summed E-state index contributed by atoms with van der Waals surface area (Å²) in [6.07, 6.45) is 3.33. The number of aryl methyl sites for hydroxylation is 3. The molecule has 2 aliphatic carbocycles. The summed E-state index contributed by atoms with van der Waals surface area (Å²) in [5, 5.41) is 0. The zero-order chi connectivity index (χ0) is 20.5. The Kier molecular flexibility index (Phi) is 4.27. The molecule has 0 spiro atoms. The Balaban J connectivity index is 1.66. The maximum Gasteiger partial charge on any atom is 0.314 e. The normalized spacial score (nSPS) is 32.8. The molecule has 0 aromatic heterocycles. The van der Waals surface area contributed by atoms with Crippen molar-refractivity contribution in [2.45, 2.75) is 58.2 Å². The summed E-state index contributed by atoms with van der Waals surface area (Å²) in [7, 11) is 1.65. The van der Waals surface area contributed by atoms with Gasteiger partial charge in [0.15, 0.2) is 5.78 Å². The molecule has 4 aliphatic rings. The molecule has 3 fully saturated rings. The Morgan fingerprint density at radius 3 is 2.48 bits per heavy atom. The quantitative estimate of drug-likeness (QED) is 0.711. The van der Waals surface area contributed by atoms with Gasteiger partial charge in [-0.3, -0.25) is 9.59 Å². The van der Waals surface area contributed by atoms with Crippen molar-refractivity contribution >= 4 is 17.3 Å². The lowest BCUT2D eigenvalue weighted by atomic mass is 9.72. The average molecular weight is 396 g/mol. The number of ether oxygens (including phenoxy) is 3. The van der Waals surface area contributed by atoms with E-state index in [4.69, 9.17) is 14.2 Å². The highest BCUT2D eigenvalue weighted by Crippen LogP contribution is 2.60. The van der Waals surface area contributed by atoms with Crippen LogP contribution in [0.25, 0.3) is 5.57 Å². The van der Waals surface area contributed by atoms with Crippen LogP contribution >= 0.6 is 0 Å². The average Bonchev–Trinajstić information content (AvgIpc) is 3.28. The Bertz CT molecular complexity index is 918. The SMILES string of the molecule is COCC12CC[C@H](O1)[C@@H]1C(OC(=O)C3CC3)=C(c3c(C)cc(C)cc3C)C(=O)[C@@H]12. The molecule has 4 atom stereocenters. The van der Waals surface area contributed by atoms with Crippen molar-refractivity contribution < 1.29 is 23.8 Å². The highest BCUT2D eigenvalue weighted by atomic mass is 16.6. The second-order valence-corrected chi connectivity index (χ2v) is 9.27. The van der Waals surface area contributed by atoms with Gasteiger partial charge in [-0.15, -0.1) is 0 Å². The number of methoxy groups -OCH3 is 1. The van der Waals surface area contributed by atoms with Gasteiger partial charge in [-0.2, -0.15) is 0 Å². The van der Waals surface area contributed by atoms with Crippen LogP contribution < -0.4 is 0 Å². The minimum atomic E-state index is -0.605. The van der Waals surface area contributed by atoms with Gasteiger partial charge in [-0.05, 0) is 63.1 Å². The van der Waals surface area contributed by atoms with Gasteiger partial charge >= 0.3 is 5.97 Å². The number of hydrogen-bond acceptors (Lipinski definition) is 5. The summed E-state index contributed by atoms with van der Waals surface area (Å²) in [5.41, 5.74) is 4.15. The van der Waals surface area contributed by atoms with Gasteiger partial charge in [0.25, 0.3) is 0 Å². The first-order valence-corrected chi connectivity index (χ1v) is 10.6. The van der Waals surface area contributed by atoms with Gasteiger partial charge in [-0.1, -0.05) is 17.7 Å². The molecule has 0 radical (unpaired) electrons. The van der Waals surface area contributed by atoms with E-state index in [0.717, 1.165) is 47.9 Å². The standard InChI is InChI=1S/C24H28O5/c1-12-9-13(2)17(14(3)10-12)19-21(25)20-18(22(19)28-23(26)15-5-6-15)16-7-8-24(20,29-16)11-27-4/h9-10,15-16,18,20H,5-8,11H2,1-4H3/t16-,18-,20+,24?/m0/s1. The van der Waals surface area contributed by atoms with Crippen LogP contribution in [0.1, 0.15) is 47.9 Å². The molecule has 0 amide bonds. The van der Waals surface area contributed by atoms with Gasteiger partial charge in [-0.25, -0.2) is 0 Å². The van der Waals surface area contributed by atoms with Crippen LogP contribution in [0.4, 0.5) is 0 Å². The fourth-order valence-electron chi connectivity index (χ4n) is 5.89. The third-order valence-electron chi connectivity index (χ3n) is 7.08. The van der Waals surface area contributed by atoms with Gasteiger partial charge < -0.3 is 14.2 Å². The van der Waals surface area contributed by atoms with E-state index < -0.39 is 5.60 Å². The molecule has 29 heavy (non-hydrogen) atoms. The monoisotopic (exact) mass is 396 g/mol. The van der Waals surface area contributed by atoms with E-state index >= 15 is 0 Å². The number of hydrogen-bond donors (Lipinski definition) is 0. The number of esters is 1. The van der Waals surface area contributed by atoms with Crippen molar-refractivity contribution in [2.75, 3.05) is 13.7 Å². The minimum Gasteiger partial charge on any atom is -0.430 e. The number of carbonyl (C=O) groups is 2. The fraction of sp³-hybridized carbons (Fsp3) is 0.583. The molecular weight excluding hydrogens is 368 g/mol. The molecule has 5 heteroatoms. The number of ketones is 1. The number of carbonyl (C=O) groups excluding carboxylic acids is 2. The van der Waals surface area contributed by atoms with E-state index in [1.165, 1.54) is 0 Å². The first-order valence-electron chi connectivity index (χ1n) is 10.6. The topological polar surface area (TPSA) is 61.8 Å². The lowest BCUT2D eigenvalue weighted by Crippen LogP contribution is -2.44. The highest BCUT2D eigenvalue weighted by molar-refractivity contribution is 6.26. The number of allylic oxidation sites excluding steroid dienone is 1. The number of Topliss-reactive ketones (excluding diaryl/α,β-unsaturated/α-hetero) is 1. The van der Waals surface area contributed by atoms with Crippen molar-refractivity contribution in [1.29, 1.82) is 0 Å². The Labute approximate surface area is 171 Å². The van der Waals surface area contributed by atoms with Gasteiger partial charge in [0.05, 0.1) is 36.0 Å². The van der Waals surface area contributed by atoms with Gasteiger partial charge in [0.1, 0.15) is 11.4 Å². The molecule has 1 unspecified atom stereocenters. The predicted molar refractivity (Wildman–Crippen MR) is 107 cm³/mol. The summed E-state index contributed by atoms with van der Waals surface area (Å²) >= 11 is 0.